The van der Waals surface area contributed by atoms with Crippen LogP contribution in [0.25, 0.3) is 0 Å². The molecule has 0 aliphatic heterocycles. The van der Waals surface area contributed by atoms with Crippen LogP contribution in [0.1, 0.15) is 6.42 Å². The van der Waals surface area contributed by atoms with Crippen molar-refractivity contribution in [1.29, 1.82) is 0 Å². The van der Waals surface area contributed by atoms with Crippen molar-refractivity contribution >= 4 is 27.7 Å². The molecule has 0 aliphatic rings. The van der Waals surface area contributed by atoms with E-state index < -0.39 is 16.1 Å². The average Bonchev–Trinajstić information content (AvgIpc) is 2.49. The number of thioether (sulfide) groups is 1. The molecular formula is C12H20N4O3S2. The molecule has 21 heavy (non-hydrogen) atoms. The van der Waals surface area contributed by atoms with Crippen LogP contribution in [0, 0.1) is 0 Å². The van der Waals surface area contributed by atoms with Crippen molar-refractivity contribution in [2.45, 2.75) is 17.4 Å². The summed E-state index contributed by atoms with van der Waals surface area (Å²) in [4.78, 5) is 15.5. The number of nitrogens with zero attached hydrogens (tertiary/aromatic N) is 1. The van der Waals surface area contributed by atoms with E-state index in [0.717, 1.165) is 5.75 Å². The summed E-state index contributed by atoms with van der Waals surface area (Å²) in [6.07, 6.45) is 5.29. The van der Waals surface area contributed by atoms with Crippen molar-refractivity contribution < 1.29 is 13.2 Å². The van der Waals surface area contributed by atoms with Crippen LogP contribution in [0.4, 0.5) is 0 Å². The fourth-order valence-electron chi connectivity index (χ4n) is 1.47. The molecule has 7 nitrogen and oxygen atoms in total. The van der Waals surface area contributed by atoms with Crippen LogP contribution in [0.15, 0.2) is 29.4 Å². The molecule has 1 aromatic heterocycles. The minimum Gasteiger partial charge on any atom is -0.353 e. The van der Waals surface area contributed by atoms with Crippen LogP contribution in [0.2, 0.25) is 0 Å². The number of pyridine rings is 1. The van der Waals surface area contributed by atoms with Crippen molar-refractivity contribution in [3.8, 4) is 0 Å². The summed E-state index contributed by atoms with van der Waals surface area (Å²) in [6, 6.07) is 2.43. The van der Waals surface area contributed by atoms with Gasteiger partial charge in [-0.05, 0) is 30.6 Å². The molecule has 118 valence electrons. The first-order valence-corrected chi connectivity index (χ1v) is 9.27. The summed E-state index contributed by atoms with van der Waals surface area (Å²) in [6.45, 7) is 0.281. The first-order chi connectivity index (χ1) is 9.97. The summed E-state index contributed by atoms with van der Waals surface area (Å²) in [5.74, 6) is 0.534. The zero-order valence-electron chi connectivity index (χ0n) is 11.8. The van der Waals surface area contributed by atoms with E-state index in [1.54, 1.807) is 17.8 Å². The van der Waals surface area contributed by atoms with Gasteiger partial charge in [-0.1, -0.05) is 0 Å². The largest absolute Gasteiger partial charge is 0.353 e. The Bertz CT molecular complexity index is 537. The topological polar surface area (TPSA) is 114 Å². The first-order valence-electron chi connectivity index (χ1n) is 6.39. The second-order valence-electron chi connectivity index (χ2n) is 4.27. The molecule has 1 rings (SSSR count). The van der Waals surface area contributed by atoms with Crippen LogP contribution in [-0.2, 0) is 14.8 Å². The monoisotopic (exact) mass is 332 g/mol. The van der Waals surface area contributed by atoms with Crippen LogP contribution < -0.4 is 15.8 Å². The molecule has 4 N–H and O–H groups in total. The lowest BCUT2D eigenvalue weighted by molar-refractivity contribution is -0.122. The Morgan fingerprint density at radius 2 is 2.24 bits per heavy atom. The van der Waals surface area contributed by atoms with E-state index in [-0.39, 0.29) is 23.9 Å². The molecule has 1 heterocycles. The minimum atomic E-state index is -3.59. The maximum absolute atomic E-state index is 11.9. The molecule has 9 heteroatoms. The highest BCUT2D eigenvalue weighted by atomic mass is 32.2. The zero-order valence-corrected chi connectivity index (χ0v) is 13.4. The second-order valence-corrected chi connectivity index (χ2v) is 7.02. The Kier molecular flexibility index (Phi) is 7.65. The van der Waals surface area contributed by atoms with Gasteiger partial charge in [0.05, 0.1) is 6.04 Å². The normalized spacial score (nSPS) is 12.9. The predicted octanol–water partition coefficient (Wildman–Crippen LogP) is -0.443. The number of hydrogen-bond donors (Lipinski definition) is 3. The molecule has 0 saturated carbocycles. The highest BCUT2D eigenvalue weighted by molar-refractivity contribution is 7.98. The lowest BCUT2D eigenvalue weighted by atomic mass is 10.2. The number of amides is 1. The number of aromatic nitrogens is 1. The molecule has 0 saturated heterocycles. The maximum Gasteiger partial charge on any atom is 0.242 e. The van der Waals surface area contributed by atoms with Gasteiger partial charge in [0.2, 0.25) is 15.9 Å². The van der Waals surface area contributed by atoms with Crippen molar-refractivity contribution in [2.75, 3.05) is 25.1 Å². The summed E-state index contributed by atoms with van der Waals surface area (Å²) in [5, 5.41) is 2.60. The number of rotatable bonds is 9. The summed E-state index contributed by atoms with van der Waals surface area (Å²) >= 11 is 1.62. The molecule has 0 fully saturated rings. The maximum atomic E-state index is 11.9. The minimum absolute atomic E-state index is 0.0907. The number of carbonyl (C=O) groups is 1. The highest BCUT2D eigenvalue weighted by Crippen LogP contribution is 2.04. The third-order valence-electron chi connectivity index (χ3n) is 2.63. The number of nitrogens with two attached hydrogens (primary N) is 1. The van der Waals surface area contributed by atoms with Crippen molar-refractivity contribution in [2.24, 2.45) is 5.73 Å². The zero-order chi connectivity index (χ0) is 15.7. The Hall–Kier alpha value is -1.16. The van der Waals surface area contributed by atoms with E-state index in [2.05, 4.69) is 15.0 Å². The SMILES string of the molecule is CSCCC(N)C(=O)NCCNS(=O)(=O)c1cccnc1. The van der Waals surface area contributed by atoms with Crippen LogP contribution >= 0.6 is 11.8 Å². The quantitative estimate of drug-likeness (QED) is 0.528. The van der Waals surface area contributed by atoms with E-state index >= 15 is 0 Å². The first kappa shape index (κ1) is 17.9. The summed E-state index contributed by atoms with van der Waals surface area (Å²) in [5.41, 5.74) is 5.69. The van der Waals surface area contributed by atoms with Gasteiger partial charge in [-0.25, -0.2) is 13.1 Å². The number of carbonyl (C=O) groups excluding carboxylic acids is 1. The Morgan fingerprint density at radius 1 is 1.48 bits per heavy atom. The molecule has 1 amide bonds. The molecule has 0 bridgehead atoms. The standard InChI is InChI=1S/C12H20N4O3S2/c1-20-8-4-11(13)12(17)15-6-7-16-21(18,19)10-3-2-5-14-9-10/h2-3,5,9,11,16H,4,6-8,13H2,1H3,(H,15,17). The molecule has 1 atom stereocenters. The number of sulfonamides is 1. The van der Waals surface area contributed by atoms with Crippen molar-refractivity contribution in [3.63, 3.8) is 0 Å². The van der Waals surface area contributed by atoms with Crippen LogP contribution in [-0.4, -0.2) is 50.4 Å². The number of hydrogen-bond acceptors (Lipinski definition) is 6. The molecule has 1 aromatic rings. The predicted molar refractivity (Wildman–Crippen MR) is 83.4 cm³/mol. The van der Waals surface area contributed by atoms with Crippen molar-refractivity contribution in [1.82, 2.24) is 15.0 Å². The van der Waals surface area contributed by atoms with Gasteiger partial charge in [0.1, 0.15) is 4.90 Å². The average molecular weight is 332 g/mol. The van der Waals surface area contributed by atoms with Gasteiger partial charge >= 0.3 is 0 Å². The van der Waals surface area contributed by atoms with Crippen molar-refractivity contribution in [3.05, 3.63) is 24.5 Å². The molecule has 1 unspecified atom stereocenters. The fraction of sp³-hybridized carbons (Fsp3) is 0.500. The Balaban J connectivity index is 2.32. The lowest BCUT2D eigenvalue weighted by Crippen LogP contribution is -2.43. The fourth-order valence-corrected chi connectivity index (χ4v) is 2.95. The third kappa shape index (κ3) is 6.42. The molecular weight excluding hydrogens is 312 g/mol. The lowest BCUT2D eigenvalue weighted by Gasteiger charge is -2.12. The molecule has 0 aliphatic carbocycles. The van der Waals surface area contributed by atoms with Gasteiger partial charge in [-0.3, -0.25) is 9.78 Å². The van der Waals surface area contributed by atoms with E-state index in [1.165, 1.54) is 18.5 Å². The van der Waals surface area contributed by atoms with Gasteiger partial charge in [0, 0.05) is 25.5 Å². The third-order valence-corrected chi connectivity index (χ3v) is 4.72. The Labute approximate surface area is 129 Å². The van der Waals surface area contributed by atoms with E-state index in [1.807, 2.05) is 6.26 Å². The smallest absolute Gasteiger partial charge is 0.242 e. The number of nitrogens with one attached hydrogen (secondary N) is 2. The van der Waals surface area contributed by atoms with Crippen LogP contribution in [0.3, 0.4) is 0 Å². The van der Waals surface area contributed by atoms with Crippen LogP contribution in [0.5, 0.6) is 0 Å². The van der Waals surface area contributed by atoms with Gasteiger partial charge in [0.25, 0.3) is 0 Å². The van der Waals surface area contributed by atoms with Gasteiger partial charge < -0.3 is 11.1 Å². The van der Waals surface area contributed by atoms with E-state index in [9.17, 15) is 13.2 Å². The molecule has 0 radical (unpaired) electrons. The van der Waals surface area contributed by atoms with Gasteiger partial charge in [0.15, 0.2) is 0 Å². The summed E-state index contributed by atoms with van der Waals surface area (Å²) in [7, 11) is -3.59. The Morgan fingerprint density at radius 3 is 2.86 bits per heavy atom. The van der Waals surface area contributed by atoms with Gasteiger partial charge in [-0.15, -0.1) is 0 Å². The molecule has 0 spiro atoms. The molecule has 0 aromatic carbocycles. The van der Waals surface area contributed by atoms with E-state index in [4.69, 9.17) is 5.73 Å². The van der Waals surface area contributed by atoms with E-state index in [0.29, 0.717) is 6.42 Å². The van der Waals surface area contributed by atoms with Gasteiger partial charge in [-0.2, -0.15) is 11.8 Å². The second kappa shape index (κ2) is 8.98. The highest BCUT2D eigenvalue weighted by Gasteiger charge is 2.14. The summed E-state index contributed by atoms with van der Waals surface area (Å²) < 4.78 is 26.1.